The molecule has 1 aliphatic heterocycles. The van der Waals surface area contributed by atoms with E-state index in [-0.39, 0.29) is 50.7 Å². The molecule has 0 spiro atoms. The van der Waals surface area contributed by atoms with Crippen LogP contribution in [0.4, 0.5) is 5.69 Å². The van der Waals surface area contributed by atoms with Crippen molar-refractivity contribution in [2.24, 2.45) is 0 Å². The van der Waals surface area contributed by atoms with E-state index in [4.69, 9.17) is 23.2 Å². The summed E-state index contributed by atoms with van der Waals surface area (Å²) in [5.41, 5.74) is 1.67. The molecule has 1 aliphatic rings. The average molecular weight is 472 g/mol. The zero-order valence-electron chi connectivity index (χ0n) is 18.5. The third-order valence-corrected chi connectivity index (χ3v) is 5.42. The maximum Gasteiger partial charge on any atom is 1.00 e. The van der Waals surface area contributed by atoms with Gasteiger partial charge < -0.3 is 34.9 Å². The Morgan fingerprint density at radius 3 is 2.19 bits per heavy atom. The number of aliphatic carboxylic acids is 2. The van der Waals surface area contributed by atoms with Crippen LogP contribution in [0.1, 0.15) is 18.4 Å². The van der Waals surface area contributed by atoms with Crippen molar-refractivity contribution >= 4 is 46.7 Å². The number of benzene rings is 1. The van der Waals surface area contributed by atoms with E-state index in [1.54, 1.807) is 12.1 Å². The standard InChI is InChI=1S/C20H27Cl2N3O5.2Li/c21-7-10-24(11-8-22)15-5-3-14(4-6-15)12-16(19(27)28)23-13-18(26)25-9-1-2-17(25)20(29)30;;/h3-6,16-17,23H,1-2,7-13H2,(H,27,28)(H,29,30);;/q;2*+1/p-2. The first-order valence-corrected chi connectivity index (χ1v) is 10.8. The number of alkyl halides is 2. The van der Waals surface area contributed by atoms with Gasteiger partial charge in [0.25, 0.3) is 0 Å². The third kappa shape index (κ3) is 9.19. The molecule has 1 heterocycles. The summed E-state index contributed by atoms with van der Waals surface area (Å²) in [5, 5.41) is 25.3. The van der Waals surface area contributed by atoms with E-state index in [1.807, 2.05) is 17.0 Å². The molecule has 1 aromatic carbocycles. The molecule has 2 unspecified atom stereocenters. The number of carbonyl (C=O) groups is 3. The Kier molecular flexibility index (Phi) is 15.5. The van der Waals surface area contributed by atoms with Crippen LogP contribution in [0.3, 0.4) is 0 Å². The molecular weight excluding hydrogens is 447 g/mol. The molecule has 32 heavy (non-hydrogen) atoms. The summed E-state index contributed by atoms with van der Waals surface area (Å²) in [7, 11) is 0. The van der Waals surface area contributed by atoms with Crippen LogP contribution in [0.5, 0.6) is 0 Å². The summed E-state index contributed by atoms with van der Waals surface area (Å²) in [6, 6.07) is 5.28. The van der Waals surface area contributed by atoms with Crippen LogP contribution < -0.4 is 58.2 Å². The molecule has 1 N–H and O–H groups in total. The monoisotopic (exact) mass is 471 g/mol. The number of carboxylic acids is 2. The zero-order valence-corrected chi connectivity index (χ0v) is 20.0. The van der Waals surface area contributed by atoms with Crippen molar-refractivity contribution in [1.29, 1.82) is 0 Å². The molecule has 166 valence electrons. The van der Waals surface area contributed by atoms with Gasteiger partial charge in [-0.3, -0.25) is 4.79 Å². The minimum atomic E-state index is -1.34. The van der Waals surface area contributed by atoms with Crippen molar-refractivity contribution < 1.29 is 62.3 Å². The fraction of sp³-hybridized carbons (Fsp3) is 0.550. The van der Waals surface area contributed by atoms with Crippen LogP contribution >= 0.6 is 23.2 Å². The SMILES string of the molecule is O=C([O-])C(Cc1ccc(N(CCCl)CCCl)cc1)NCC(=O)N1CCCC1C(=O)[O-].[Li+].[Li+]. The van der Waals surface area contributed by atoms with E-state index in [0.29, 0.717) is 44.2 Å². The normalized spacial score (nSPS) is 15.9. The fourth-order valence-corrected chi connectivity index (χ4v) is 3.92. The number of hydrogen-bond acceptors (Lipinski definition) is 7. The van der Waals surface area contributed by atoms with Gasteiger partial charge in [0.15, 0.2) is 0 Å². The largest absolute Gasteiger partial charge is 1.00 e. The molecule has 0 aromatic heterocycles. The minimum Gasteiger partial charge on any atom is -0.548 e. The topological polar surface area (TPSA) is 116 Å². The number of nitrogens with one attached hydrogen (secondary N) is 1. The molecule has 1 saturated heterocycles. The minimum absolute atomic E-state index is 0. The van der Waals surface area contributed by atoms with Gasteiger partial charge >= 0.3 is 37.7 Å². The predicted octanol–water partition coefficient (Wildman–Crippen LogP) is -7.03. The Morgan fingerprint density at radius 2 is 1.69 bits per heavy atom. The van der Waals surface area contributed by atoms with Crippen molar-refractivity contribution in [2.75, 3.05) is 42.8 Å². The zero-order chi connectivity index (χ0) is 22.1. The van der Waals surface area contributed by atoms with Gasteiger partial charge in [0.2, 0.25) is 5.91 Å². The molecular formula is C20H25Cl2Li2N3O5. The van der Waals surface area contributed by atoms with Crippen LogP contribution in [0.2, 0.25) is 0 Å². The van der Waals surface area contributed by atoms with Gasteiger partial charge in [0, 0.05) is 37.1 Å². The van der Waals surface area contributed by atoms with Crippen LogP contribution in [0.25, 0.3) is 0 Å². The fourth-order valence-electron chi connectivity index (χ4n) is 3.51. The van der Waals surface area contributed by atoms with Crippen molar-refractivity contribution in [3.8, 4) is 0 Å². The molecule has 0 aliphatic carbocycles. The van der Waals surface area contributed by atoms with Crippen LogP contribution in [0, 0.1) is 0 Å². The van der Waals surface area contributed by atoms with E-state index >= 15 is 0 Å². The molecule has 0 saturated carbocycles. The van der Waals surface area contributed by atoms with Crippen molar-refractivity contribution in [2.45, 2.75) is 31.3 Å². The molecule has 2 atom stereocenters. The summed E-state index contributed by atoms with van der Waals surface area (Å²) in [4.78, 5) is 38.2. The van der Waals surface area contributed by atoms with Gasteiger partial charge in [-0.25, -0.2) is 0 Å². The van der Waals surface area contributed by atoms with E-state index < -0.39 is 29.9 Å². The molecule has 8 nitrogen and oxygen atoms in total. The van der Waals surface area contributed by atoms with Crippen molar-refractivity contribution in [3.63, 3.8) is 0 Å². The average Bonchev–Trinajstić information content (AvgIpc) is 3.21. The summed E-state index contributed by atoms with van der Waals surface area (Å²) in [5.74, 6) is -2.19. The second-order valence-electron chi connectivity index (χ2n) is 7.05. The van der Waals surface area contributed by atoms with Crippen LogP contribution in [-0.2, 0) is 20.8 Å². The first-order valence-electron chi connectivity index (χ1n) is 9.77. The molecule has 0 radical (unpaired) electrons. The number of halogens is 2. The summed E-state index contributed by atoms with van der Waals surface area (Å²) in [6.45, 7) is 1.31. The Hall–Kier alpha value is -0.835. The van der Waals surface area contributed by atoms with E-state index in [9.17, 15) is 24.6 Å². The third-order valence-electron chi connectivity index (χ3n) is 5.08. The van der Waals surface area contributed by atoms with E-state index in [0.717, 1.165) is 11.3 Å². The van der Waals surface area contributed by atoms with Gasteiger partial charge in [0.1, 0.15) is 0 Å². The van der Waals surface area contributed by atoms with Gasteiger partial charge in [-0.05, 0) is 37.0 Å². The van der Waals surface area contributed by atoms with E-state index in [1.165, 1.54) is 4.90 Å². The number of hydrogen-bond donors (Lipinski definition) is 1. The van der Waals surface area contributed by atoms with E-state index in [2.05, 4.69) is 5.32 Å². The molecule has 1 aromatic rings. The maximum absolute atomic E-state index is 12.3. The second-order valence-corrected chi connectivity index (χ2v) is 7.81. The van der Waals surface area contributed by atoms with Gasteiger partial charge in [-0.2, -0.15) is 0 Å². The first kappa shape index (κ1) is 31.2. The van der Waals surface area contributed by atoms with Gasteiger partial charge in [0.05, 0.1) is 30.6 Å². The van der Waals surface area contributed by atoms with Crippen LogP contribution in [0.15, 0.2) is 24.3 Å². The molecule has 1 fully saturated rings. The summed E-state index contributed by atoms with van der Waals surface area (Å²) >= 11 is 11.6. The molecule has 12 heteroatoms. The number of carbonyl (C=O) groups excluding carboxylic acids is 3. The Balaban J connectivity index is 0.00000480. The number of rotatable bonds is 12. The number of nitrogens with zero attached hydrogens (tertiary/aromatic N) is 2. The van der Waals surface area contributed by atoms with Gasteiger partial charge in [-0.15, -0.1) is 23.2 Å². The summed E-state index contributed by atoms with van der Waals surface area (Å²) < 4.78 is 0. The van der Waals surface area contributed by atoms with Crippen molar-refractivity contribution in [1.82, 2.24) is 10.2 Å². The number of anilines is 1. The number of likely N-dealkylation sites (tertiary alicyclic amines) is 1. The number of amides is 1. The maximum atomic E-state index is 12.3. The predicted molar refractivity (Wildman–Crippen MR) is 110 cm³/mol. The van der Waals surface area contributed by atoms with Crippen molar-refractivity contribution in [3.05, 3.63) is 29.8 Å². The van der Waals surface area contributed by atoms with Gasteiger partial charge in [-0.1, -0.05) is 12.1 Å². The molecule has 0 bridgehead atoms. The second kappa shape index (κ2) is 15.9. The molecule has 2 rings (SSSR count). The van der Waals surface area contributed by atoms with Crippen LogP contribution in [-0.4, -0.2) is 72.8 Å². The Labute approximate surface area is 222 Å². The smallest absolute Gasteiger partial charge is 0.548 e. The Bertz CT molecular complexity index is 736. The quantitative estimate of drug-likeness (QED) is 0.238. The summed E-state index contributed by atoms with van der Waals surface area (Å²) in [6.07, 6.45) is 1.03. The number of carboxylic acid groups (broad SMARTS) is 2. The Morgan fingerprint density at radius 1 is 1.09 bits per heavy atom. The molecule has 1 amide bonds. The first-order chi connectivity index (χ1) is 14.4.